The van der Waals surface area contributed by atoms with E-state index in [4.69, 9.17) is 9.15 Å². The standard InChI is InChI=1S/C16H16N2O4S3/c1-2-21-15(20)13-10(11-4-3-6-22-11)8-24-14(13)18-12(19)9-25-16-17-5-7-23-16/h3-4,6,8H,2,5,7,9H2,1H3,(H,18,19). The Labute approximate surface area is 157 Å². The Morgan fingerprint density at radius 2 is 2.36 bits per heavy atom. The van der Waals surface area contributed by atoms with Gasteiger partial charge in [-0.25, -0.2) is 4.79 Å². The molecule has 1 aliphatic rings. The highest BCUT2D eigenvalue weighted by Crippen LogP contribution is 2.36. The summed E-state index contributed by atoms with van der Waals surface area (Å²) in [5.74, 6) is 1.12. The molecule has 3 heterocycles. The number of aliphatic imine (C=N–C) groups is 1. The Morgan fingerprint density at radius 3 is 3.04 bits per heavy atom. The van der Waals surface area contributed by atoms with E-state index in [0.717, 1.165) is 16.7 Å². The summed E-state index contributed by atoms with van der Waals surface area (Å²) in [6, 6.07) is 3.51. The lowest BCUT2D eigenvalue weighted by Gasteiger charge is -2.07. The molecule has 0 spiro atoms. The SMILES string of the molecule is CCOC(=O)c1c(-c2ccco2)csc1NC(=O)CSC1=NCCS1. The van der Waals surface area contributed by atoms with Crippen LogP contribution >= 0.6 is 34.9 Å². The van der Waals surface area contributed by atoms with E-state index in [1.54, 1.807) is 36.2 Å². The largest absolute Gasteiger partial charge is 0.464 e. The first-order valence-electron chi connectivity index (χ1n) is 7.61. The fourth-order valence-electron chi connectivity index (χ4n) is 2.16. The van der Waals surface area contributed by atoms with Gasteiger partial charge in [0, 0.05) is 16.7 Å². The van der Waals surface area contributed by atoms with Crippen molar-refractivity contribution in [3.05, 3.63) is 29.3 Å². The molecule has 9 heteroatoms. The van der Waals surface area contributed by atoms with Crippen LogP contribution in [0, 0.1) is 0 Å². The number of hydrogen-bond acceptors (Lipinski definition) is 8. The number of thiophene rings is 1. The molecule has 0 aromatic carbocycles. The van der Waals surface area contributed by atoms with Gasteiger partial charge in [0.05, 0.1) is 25.2 Å². The smallest absolute Gasteiger partial charge is 0.341 e. The van der Waals surface area contributed by atoms with Crippen molar-refractivity contribution in [2.24, 2.45) is 4.99 Å². The number of carbonyl (C=O) groups is 2. The van der Waals surface area contributed by atoms with E-state index in [0.29, 0.717) is 21.9 Å². The summed E-state index contributed by atoms with van der Waals surface area (Å²) in [5, 5.41) is 5.06. The van der Waals surface area contributed by atoms with Crippen LogP contribution in [0.3, 0.4) is 0 Å². The van der Waals surface area contributed by atoms with Crippen molar-refractivity contribution in [2.45, 2.75) is 6.92 Å². The summed E-state index contributed by atoms with van der Waals surface area (Å²) in [6.07, 6.45) is 1.54. The zero-order valence-electron chi connectivity index (χ0n) is 13.4. The van der Waals surface area contributed by atoms with Gasteiger partial charge in [0.25, 0.3) is 0 Å². The molecule has 132 valence electrons. The molecule has 2 aromatic rings. The van der Waals surface area contributed by atoms with Gasteiger partial charge < -0.3 is 14.5 Å². The molecule has 1 N–H and O–H groups in total. The van der Waals surface area contributed by atoms with Crippen LogP contribution in [0.4, 0.5) is 5.00 Å². The van der Waals surface area contributed by atoms with E-state index in [9.17, 15) is 9.59 Å². The summed E-state index contributed by atoms with van der Waals surface area (Å²) in [4.78, 5) is 28.9. The molecular formula is C16H16N2O4S3. The Kier molecular flexibility index (Phi) is 6.22. The number of anilines is 1. The number of carbonyl (C=O) groups excluding carboxylic acids is 2. The maximum Gasteiger partial charge on any atom is 0.341 e. The van der Waals surface area contributed by atoms with Gasteiger partial charge in [-0.3, -0.25) is 9.79 Å². The lowest BCUT2D eigenvalue weighted by Crippen LogP contribution is -2.16. The number of ether oxygens (including phenoxy) is 1. The van der Waals surface area contributed by atoms with Crippen molar-refractivity contribution in [2.75, 3.05) is 30.0 Å². The first-order valence-corrected chi connectivity index (χ1v) is 10.5. The maximum atomic E-state index is 12.4. The molecular weight excluding hydrogens is 380 g/mol. The maximum absolute atomic E-state index is 12.4. The molecule has 6 nitrogen and oxygen atoms in total. The third-order valence-corrected chi connectivity index (χ3v) is 6.34. The van der Waals surface area contributed by atoms with Gasteiger partial charge in [0.2, 0.25) is 5.91 Å². The Balaban J connectivity index is 1.75. The van der Waals surface area contributed by atoms with E-state index >= 15 is 0 Å². The predicted octanol–water partition coefficient (Wildman–Crippen LogP) is 3.96. The second-order valence-electron chi connectivity index (χ2n) is 4.88. The second kappa shape index (κ2) is 8.59. The molecule has 0 atom stereocenters. The second-order valence-corrected chi connectivity index (χ2v) is 8.07. The third-order valence-electron chi connectivity index (χ3n) is 3.19. The monoisotopic (exact) mass is 396 g/mol. The summed E-state index contributed by atoms with van der Waals surface area (Å²) in [5.41, 5.74) is 0.944. The number of thioether (sulfide) groups is 2. The number of rotatable bonds is 6. The molecule has 0 aliphatic carbocycles. The van der Waals surface area contributed by atoms with Crippen LogP contribution in [0.15, 0.2) is 33.2 Å². The average molecular weight is 397 g/mol. The summed E-state index contributed by atoms with van der Waals surface area (Å²) < 4.78 is 11.5. The topological polar surface area (TPSA) is 80.9 Å². The van der Waals surface area contributed by atoms with Gasteiger partial charge in [0.1, 0.15) is 20.7 Å². The minimum absolute atomic E-state index is 0.182. The van der Waals surface area contributed by atoms with Crippen LogP contribution in [0.2, 0.25) is 0 Å². The van der Waals surface area contributed by atoms with Crippen LogP contribution in [-0.2, 0) is 9.53 Å². The van der Waals surface area contributed by atoms with Gasteiger partial charge in [-0.2, -0.15) is 0 Å². The molecule has 3 rings (SSSR count). The van der Waals surface area contributed by atoms with E-state index in [1.165, 1.54) is 29.4 Å². The summed E-state index contributed by atoms with van der Waals surface area (Å²) >= 11 is 4.35. The van der Waals surface area contributed by atoms with Crippen LogP contribution < -0.4 is 5.32 Å². The Morgan fingerprint density at radius 1 is 1.48 bits per heavy atom. The molecule has 1 amide bonds. The molecule has 0 saturated heterocycles. The molecule has 25 heavy (non-hydrogen) atoms. The molecule has 1 aliphatic heterocycles. The fourth-order valence-corrected chi connectivity index (χ4v) is 4.92. The lowest BCUT2D eigenvalue weighted by molar-refractivity contribution is -0.113. The molecule has 0 unspecified atom stereocenters. The van der Waals surface area contributed by atoms with Crippen molar-refractivity contribution in [3.63, 3.8) is 0 Å². The predicted molar refractivity (Wildman–Crippen MR) is 104 cm³/mol. The van der Waals surface area contributed by atoms with Crippen molar-refractivity contribution >= 4 is 56.1 Å². The number of furan rings is 1. The van der Waals surface area contributed by atoms with Crippen molar-refractivity contribution in [1.82, 2.24) is 0 Å². The highest BCUT2D eigenvalue weighted by Gasteiger charge is 2.24. The minimum atomic E-state index is -0.478. The zero-order chi connectivity index (χ0) is 17.6. The Hall–Kier alpha value is -1.71. The Bertz CT molecular complexity index is 783. The first kappa shape index (κ1) is 18.1. The van der Waals surface area contributed by atoms with Crippen LogP contribution in [-0.4, -0.2) is 40.9 Å². The third kappa shape index (κ3) is 4.47. The molecule has 0 saturated carbocycles. The molecule has 0 bridgehead atoms. The quantitative estimate of drug-likeness (QED) is 0.745. The van der Waals surface area contributed by atoms with Crippen molar-refractivity contribution in [3.8, 4) is 11.3 Å². The van der Waals surface area contributed by atoms with Crippen molar-refractivity contribution in [1.29, 1.82) is 0 Å². The van der Waals surface area contributed by atoms with Gasteiger partial charge in [-0.1, -0.05) is 23.5 Å². The van der Waals surface area contributed by atoms with Gasteiger partial charge in [-0.05, 0) is 19.1 Å². The van der Waals surface area contributed by atoms with E-state index < -0.39 is 5.97 Å². The molecule has 2 aromatic heterocycles. The average Bonchev–Trinajstić information content (AvgIpc) is 3.34. The number of nitrogens with one attached hydrogen (secondary N) is 1. The minimum Gasteiger partial charge on any atom is -0.464 e. The highest BCUT2D eigenvalue weighted by atomic mass is 32.2. The van der Waals surface area contributed by atoms with Gasteiger partial charge >= 0.3 is 5.97 Å². The number of hydrogen-bond donors (Lipinski definition) is 1. The lowest BCUT2D eigenvalue weighted by atomic mass is 10.1. The summed E-state index contributed by atoms with van der Waals surface area (Å²) in [7, 11) is 0. The molecule has 0 fully saturated rings. The first-order chi connectivity index (χ1) is 12.2. The number of esters is 1. The van der Waals surface area contributed by atoms with Gasteiger partial charge in [0.15, 0.2) is 0 Å². The fraction of sp³-hybridized carbons (Fsp3) is 0.312. The van der Waals surface area contributed by atoms with E-state index in [-0.39, 0.29) is 18.3 Å². The van der Waals surface area contributed by atoms with Crippen LogP contribution in [0.5, 0.6) is 0 Å². The molecule has 0 radical (unpaired) electrons. The normalized spacial score (nSPS) is 13.6. The highest BCUT2D eigenvalue weighted by molar-refractivity contribution is 8.39. The van der Waals surface area contributed by atoms with E-state index in [2.05, 4.69) is 10.3 Å². The van der Waals surface area contributed by atoms with E-state index in [1.807, 2.05) is 0 Å². The van der Waals surface area contributed by atoms with Crippen LogP contribution in [0.1, 0.15) is 17.3 Å². The number of nitrogens with zero attached hydrogens (tertiary/aromatic N) is 1. The zero-order valence-corrected chi connectivity index (χ0v) is 15.9. The summed E-state index contributed by atoms with van der Waals surface area (Å²) in [6.45, 7) is 2.80. The van der Waals surface area contributed by atoms with Crippen LogP contribution in [0.25, 0.3) is 11.3 Å². The number of amides is 1. The van der Waals surface area contributed by atoms with Gasteiger partial charge in [-0.15, -0.1) is 11.3 Å². The van der Waals surface area contributed by atoms with Crippen molar-refractivity contribution < 1.29 is 18.7 Å².